The van der Waals surface area contributed by atoms with Crippen molar-refractivity contribution in [3.05, 3.63) is 70.7 Å². The van der Waals surface area contributed by atoms with Crippen LogP contribution in [-0.4, -0.2) is 73.8 Å². The maximum Gasteiger partial charge on any atom is 0.294 e. The molecular formula is C28H32FN3O5S. The van der Waals surface area contributed by atoms with Gasteiger partial charge in [-0.05, 0) is 67.5 Å². The number of piperidine rings is 1. The van der Waals surface area contributed by atoms with E-state index < -0.39 is 21.5 Å². The zero-order chi connectivity index (χ0) is 27.8. The second kappa shape index (κ2) is 10.7. The molecule has 4 rings (SSSR count). The van der Waals surface area contributed by atoms with Gasteiger partial charge in [0.25, 0.3) is 17.6 Å². The minimum atomic E-state index is -3.44. The molecule has 0 radical (unpaired) electrons. The summed E-state index contributed by atoms with van der Waals surface area (Å²) in [5, 5.41) is 0.369. The highest BCUT2D eigenvalue weighted by molar-refractivity contribution is 7.89. The average molecular weight is 542 g/mol. The Morgan fingerprint density at radius 2 is 1.66 bits per heavy atom. The number of fused-ring (bicyclic) bond motifs is 1. The summed E-state index contributed by atoms with van der Waals surface area (Å²) in [4.78, 5) is 41.9. The number of aryl methyl sites for hydroxylation is 1. The molecule has 1 aliphatic heterocycles. The van der Waals surface area contributed by atoms with Crippen LogP contribution < -0.4 is 0 Å². The molecule has 0 N–H and O–H groups in total. The Morgan fingerprint density at radius 3 is 2.24 bits per heavy atom. The molecule has 2 heterocycles. The molecule has 10 heteroatoms. The molecule has 38 heavy (non-hydrogen) atoms. The molecule has 0 bridgehead atoms. The van der Waals surface area contributed by atoms with Crippen LogP contribution in [0.2, 0.25) is 0 Å². The van der Waals surface area contributed by atoms with Crippen LogP contribution in [0.1, 0.15) is 44.7 Å². The van der Waals surface area contributed by atoms with Gasteiger partial charge in [0.05, 0.1) is 5.56 Å². The van der Waals surface area contributed by atoms with Gasteiger partial charge in [0, 0.05) is 56.1 Å². The smallest absolute Gasteiger partial charge is 0.294 e. The van der Waals surface area contributed by atoms with Crippen molar-refractivity contribution < 1.29 is 27.2 Å². The summed E-state index contributed by atoms with van der Waals surface area (Å²) < 4.78 is 38.7. The molecule has 3 aromatic rings. The molecule has 0 saturated carbocycles. The normalized spacial score (nSPS) is 14.6. The van der Waals surface area contributed by atoms with E-state index in [0.717, 1.165) is 31.1 Å². The lowest BCUT2D eigenvalue weighted by atomic mass is 9.89. The van der Waals surface area contributed by atoms with Crippen LogP contribution >= 0.6 is 0 Å². The lowest BCUT2D eigenvalue weighted by Crippen LogP contribution is -2.39. The lowest BCUT2D eigenvalue weighted by Gasteiger charge is -2.32. The van der Waals surface area contributed by atoms with Gasteiger partial charge in [0.2, 0.25) is 0 Å². The predicted octanol–water partition coefficient (Wildman–Crippen LogP) is 3.46. The maximum atomic E-state index is 13.5. The van der Waals surface area contributed by atoms with Crippen molar-refractivity contribution in [3.8, 4) is 0 Å². The molecule has 0 spiro atoms. The first-order valence-electron chi connectivity index (χ1n) is 12.4. The fourth-order valence-electron chi connectivity index (χ4n) is 4.99. The van der Waals surface area contributed by atoms with Crippen LogP contribution in [-0.2, 0) is 26.9 Å². The van der Waals surface area contributed by atoms with E-state index >= 15 is 0 Å². The Balaban J connectivity index is 1.61. The van der Waals surface area contributed by atoms with E-state index in [1.165, 1.54) is 41.9 Å². The number of ketones is 1. The quantitative estimate of drug-likeness (QED) is 0.337. The Morgan fingerprint density at radius 1 is 1.03 bits per heavy atom. The summed E-state index contributed by atoms with van der Waals surface area (Å²) in [6.45, 7) is 2.92. The molecule has 202 valence electrons. The van der Waals surface area contributed by atoms with Crippen molar-refractivity contribution in [2.75, 3.05) is 33.4 Å². The standard InChI is InChI=1S/C28H32FN3O5S/c1-18-13-25-23(24(26(33)28(35)30(2)3)16-32(25)17-38(4,36)37)15-22(18)27(34)31-11-9-20(10-12-31)14-19-5-7-21(29)8-6-19/h5-8,13,15-16,20H,9-12,14,17H2,1-4H3. The number of amides is 2. The van der Waals surface area contributed by atoms with Crippen molar-refractivity contribution in [2.24, 2.45) is 5.92 Å². The molecule has 1 aromatic heterocycles. The van der Waals surface area contributed by atoms with E-state index in [1.54, 1.807) is 36.1 Å². The molecule has 0 unspecified atom stereocenters. The fourth-order valence-corrected chi connectivity index (χ4v) is 5.71. The summed E-state index contributed by atoms with van der Waals surface area (Å²) in [5.41, 5.74) is 2.67. The zero-order valence-corrected chi connectivity index (χ0v) is 22.8. The van der Waals surface area contributed by atoms with Gasteiger partial charge in [-0.15, -0.1) is 0 Å². The van der Waals surface area contributed by atoms with E-state index in [9.17, 15) is 27.2 Å². The van der Waals surface area contributed by atoms with Gasteiger partial charge in [-0.3, -0.25) is 14.4 Å². The molecule has 0 aliphatic carbocycles. The van der Waals surface area contributed by atoms with E-state index in [4.69, 9.17) is 0 Å². The van der Waals surface area contributed by atoms with Gasteiger partial charge in [0.15, 0.2) is 9.84 Å². The number of likely N-dealkylation sites (N-methyl/N-ethyl adjacent to an activating group) is 1. The Bertz CT molecular complexity index is 1500. The largest absolute Gasteiger partial charge is 0.342 e. The number of carbonyl (C=O) groups excluding carboxylic acids is 3. The summed E-state index contributed by atoms with van der Waals surface area (Å²) in [6.07, 6.45) is 4.93. The van der Waals surface area contributed by atoms with Crippen LogP contribution in [0.15, 0.2) is 42.6 Å². The van der Waals surface area contributed by atoms with Gasteiger partial charge in [-0.25, -0.2) is 12.8 Å². The maximum absolute atomic E-state index is 13.5. The summed E-state index contributed by atoms with van der Waals surface area (Å²) in [5.74, 6) is -1.90. The first-order valence-corrected chi connectivity index (χ1v) is 14.5. The van der Waals surface area contributed by atoms with Gasteiger partial charge < -0.3 is 14.4 Å². The van der Waals surface area contributed by atoms with E-state index in [1.807, 2.05) is 0 Å². The number of rotatable bonds is 7. The number of nitrogens with zero attached hydrogens (tertiary/aromatic N) is 3. The van der Waals surface area contributed by atoms with Crippen molar-refractivity contribution in [1.82, 2.24) is 14.4 Å². The van der Waals surface area contributed by atoms with Gasteiger partial charge in [-0.2, -0.15) is 0 Å². The third-order valence-electron chi connectivity index (χ3n) is 7.02. The first-order chi connectivity index (χ1) is 17.8. The molecule has 8 nitrogen and oxygen atoms in total. The highest BCUT2D eigenvalue weighted by Gasteiger charge is 2.28. The van der Waals surface area contributed by atoms with Crippen molar-refractivity contribution in [3.63, 3.8) is 0 Å². The van der Waals surface area contributed by atoms with Crippen LogP contribution in [0.4, 0.5) is 4.39 Å². The van der Waals surface area contributed by atoms with Gasteiger partial charge in [0.1, 0.15) is 11.7 Å². The highest BCUT2D eigenvalue weighted by atomic mass is 32.2. The van der Waals surface area contributed by atoms with Crippen molar-refractivity contribution >= 4 is 38.3 Å². The van der Waals surface area contributed by atoms with Crippen LogP contribution in [0.3, 0.4) is 0 Å². The number of hydrogen-bond acceptors (Lipinski definition) is 5. The number of likely N-dealkylation sites (tertiary alicyclic amines) is 1. The van der Waals surface area contributed by atoms with Crippen LogP contribution in [0, 0.1) is 18.7 Å². The Kier molecular flexibility index (Phi) is 7.73. The number of Topliss-reactive ketones (excluding diaryl/α,β-unsaturated/α-hetero) is 1. The minimum absolute atomic E-state index is 0.0643. The van der Waals surface area contributed by atoms with Crippen LogP contribution in [0.5, 0.6) is 0 Å². The van der Waals surface area contributed by atoms with Crippen molar-refractivity contribution in [1.29, 1.82) is 0 Å². The number of halogens is 1. The third-order valence-corrected chi connectivity index (χ3v) is 7.76. The van der Waals surface area contributed by atoms with Gasteiger partial charge in [-0.1, -0.05) is 12.1 Å². The molecular weight excluding hydrogens is 509 g/mol. The van der Waals surface area contributed by atoms with Crippen LogP contribution in [0.25, 0.3) is 10.9 Å². The monoisotopic (exact) mass is 541 g/mol. The fraction of sp³-hybridized carbons (Fsp3) is 0.393. The topological polar surface area (TPSA) is 96.8 Å². The number of hydrogen-bond donors (Lipinski definition) is 0. The molecule has 2 aromatic carbocycles. The second-order valence-corrected chi connectivity index (χ2v) is 12.5. The summed E-state index contributed by atoms with van der Waals surface area (Å²) in [7, 11) is -0.508. The molecule has 1 saturated heterocycles. The van der Waals surface area contributed by atoms with E-state index in [0.29, 0.717) is 41.0 Å². The molecule has 0 atom stereocenters. The number of carbonyl (C=O) groups is 3. The van der Waals surface area contributed by atoms with E-state index in [2.05, 4.69) is 0 Å². The predicted molar refractivity (Wildman–Crippen MR) is 143 cm³/mol. The Hall–Kier alpha value is -3.53. The average Bonchev–Trinajstić information content (AvgIpc) is 3.19. The lowest BCUT2D eigenvalue weighted by molar-refractivity contribution is -0.124. The SMILES string of the molecule is Cc1cc2c(cc1C(=O)N1CCC(Cc3ccc(F)cc3)CC1)c(C(=O)C(=O)N(C)C)cn2CS(C)(=O)=O. The number of benzene rings is 2. The zero-order valence-electron chi connectivity index (χ0n) is 22.0. The third kappa shape index (κ3) is 5.96. The second-order valence-electron chi connectivity index (χ2n) is 10.3. The van der Waals surface area contributed by atoms with Crippen molar-refractivity contribution in [2.45, 2.75) is 32.1 Å². The van der Waals surface area contributed by atoms with Gasteiger partial charge >= 0.3 is 0 Å². The molecule has 1 fully saturated rings. The number of aromatic nitrogens is 1. The summed E-state index contributed by atoms with van der Waals surface area (Å²) in [6, 6.07) is 9.81. The first kappa shape index (κ1) is 27.5. The summed E-state index contributed by atoms with van der Waals surface area (Å²) >= 11 is 0. The Labute approximate surface area is 221 Å². The number of sulfone groups is 1. The highest BCUT2D eigenvalue weighted by Crippen LogP contribution is 2.29. The molecule has 1 aliphatic rings. The minimum Gasteiger partial charge on any atom is -0.342 e. The van der Waals surface area contributed by atoms with E-state index in [-0.39, 0.29) is 23.2 Å². The molecule has 2 amide bonds.